The van der Waals surface area contributed by atoms with Crippen molar-refractivity contribution in [3.8, 4) is 0 Å². The molecule has 1 rings (SSSR count). The van der Waals surface area contributed by atoms with Crippen LogP contribution in [0, 0.1) is 5.88 Å². The highest BCUT2D eigenvalue weighted by molar-refractivity contribution is 6.31. The molecule has 0 heterocycles. The van der Waals surface area contributed by atoms with Crippen molar-refractivity contribution in [2.45, 2.75) is 0 Å². The van der Waals surface area contributed by atoms with Crippen LogP contribution < -0.4 is 0 Å². The zero-order valence-electron chi connectivity index (χ0n) is 4.64. The molecule has 0 aliphatic carbocycles. The molecule has 0 saturated heterocycles. The van der Waals surface area contributed by atoms with Gasteiger partial charge < -0.3 is 0 Å². The Labute approximate surface area is 64.4 Å². The third-order valence-corrected chi connectivity index (χ3v) is 1.46. The zero-order chi connectivity index (χ0) is 6.69. The third kappa shape index (κ3) is 1.81. The van der Waals surface area contributed by atoms with Crippen LogP contribution in [-0.2, 0) is 0 Å². The smallest absolute Gasteiger partial charge is 0.0148 e. The summed E-state index contributed by atoms with van der Waals surface area (Å²) in [7, 11) is 0. The van der Waals surface area contributed by atoms with Gasteiger partial charge in [-0.05, 0) is 5.02 Å². The first kappa shape index (κ1) is 6.79. The predicted octanol–water partition coefficient (Wildman–Crippen LogP) is 3.09. The van der Waals surface area contributed by atoms with Gasteiger partial charge in [0.2, 0.25) is 0 Å². The molecule has 0 nitrogen and oxygen atoms in total. The molecule has 0 amide bonds. The predicted molar refractivity (Wildman–Crippen MR) is 40.7 cm³/mol. The fourth-order valence-electron chi connectivity index (χ4n) is 0.574. The van der Waals surface area contributed by atoms with E-state index in [1.807, 2.05) is 18.2 Å². The highest BCUT2D eigenvalue weighted by Crippen LogP contribution is 2.12. The van der Waals surface area contributed by atoms with Crippen molar-refractivity contribution in [1.29, 1.82) is 0 Å². The van der Waals surface area contributed by atoms with Gasteiger partial charge in [0.05, 0.1) is 0 Å². The van der Waals surface area contributed by atoms with Gasteiger partial charge in [0, 0.05) is 0 Å². The van der Waals surface area contributed by atoms with Crippen molar-refractivity contribution in [1.82, 2.24) is 0 Å². The average molecular weight is 160 g/mol. The summed E-state index contributed by atoms with van der Waals surface area (Å²) < 4.78 is 0. The summed E-state index contributed by atoms with van der Waals surface area (Å²) in [6.07, 6.45) is 0. The fraction of sp³-hybridized carbons (Fsp3) is 0. The molecule has 0 N–H and O–H groups in total. The molecule has 0 fully saturated rings. The van der Waals surface area contributed by atoms with Crippen LogP contribution in [0.1, 0.15) is 5.56 Å². The van der Waals surface area contributed by atoms with Crippen molar-refractivity contribution in [2.75, 3.05) is 0 Å². The van der Waals surface area contributed by atoms with E-state index < -0.39 is 0 Å². The topological polar surface area (TPSA) is 0 Å². The second-order valence-corrected chi connectivity index (χ2v) is 2.32. The summed E-state index contributed by atoms with van der Waals surface area (Å²) in [4.78, 5) is 0. The maximum absolute atomic E-state index is 5.64. The largest absolute Gasteiger partial charge is 0.176 e. The Morgan fingerprint density at radius 2 is 2.11 bits per heavy atom. The first-order valence-electron chi connectivity index (χ1n) is 2.52. The first-order valence-corrected chi connectivity index (χ1v) is 3.33. The van der Waals surface area contributed by atoms with Crippen LogP contribution in [-0.4, -0.2) is 0 Å². The average Bonchev–Trinajstić information content (AvgIpc) is 1.88. The molecule has 0 unspecified atom stereocenters. The Morgan fingerprint density at radius 3 is 2.56 bits per heavy atom. The molecule has 0 bridgehead atoms. The van der Waals surface area contributed by atoms with E-state index in [1.54, 1.807) is 6.07 Å². The lowest BCUT2D eigenvalue weighted by atomic mass is 10.2. The molecule has 1 aromatic rings. The van der Waals surface area contributed by atoms with Gasteiger partial charge in [0.1, 0.15) is 0 Å². The lowest BCUT2D eigenvalue weighted by Gasteiger charge is -2.02. The molecular weight excluding hydrogens is 155 g/mol. The minimum atomic E-state index is 0.712. The third-order valence-electron chi connectivity index (χ3n) is 0.975. The van der Waals surface area contributed by atoms with E-state index in [0.29, 0.717) is 5.02 Å². The van der Waals surface area contributed by atoms with E-state index in [2.05, 4.69) is 0 Å². The van der Waals surface area contributed by atoms with Crippen molar-refractivity contribution in [2.24, 2.45) is 0 Å². The van der Waals surface area contributed by atoms with Gasteiger partial charge in [-0.2, -0.15) is 23.2 Å². The molecule has 1 aromatic carbocycles. The SMILES string of the molecule is Cl[CH-]c1cccc(Cl)c1. The van der Waals surface area contributed by atoms with Crippen LogP contribution >= 0.6 is 23.2 Å². The molecular formula is C7H5Cl2-. The van der Waals surface area contributed by atoms with E-state index in [-0.39, 0.29) is 0 Å². The van der Waals surface area contributed by atoms with Gasteiger partial charge >= 0.3 is 0 Å². The van der Waals surface area contributed by atoms with Crippen LogP contribution in [0.25, 0.3) is 0 Å². The van der Waals surface area contributed by atoms with Gasteiger partial charge in [-0.25, -0.2) is 0 Å². The Kier molecular flexibility index (Phi) is 2.26. The maximum atomic E-state index is 5.64. The van der Waals surface area contributed by atoms with Gasteiger partial charge in [-0.15, -0.1) is 12.1 Å². The van der Waals surface area contributed by atoms with Crippen LogP contribution in [0.2, 0.25) is 5.02 Å². The maximum Gasteiger partial charge on any atom is -0.0148 e. The monoisotopic (exact) mass is 159 g/mol. The van der Waals surface area contributed by atoms with Crippen molar-refractivity contribution < 1.29 is 0 Å². The first-order chi connectivity index (χ1) is 4.33. The van der Waals surface area contributed by atoms with E-state index in [0.717, 1.165) is 5.56 Å². The second-order valence-electron chi connectivity index (χ2n) is 1.66. The molecule has 2 heteroatoms. The molecule has 0 saturated carbocycles. The molecule has 9 heavy (non-hydrogen) atoms. The minimum absolute atomic E-state index is 0.712. The number of benzene rings is 1. The molecule has 0 radical (unpaired) electrons. The van der Waals surface area contributed by atoms with E-state index in [9.17, 15) is 0 Å². The molecule has 0 atom stereocenters. The summed E-state index contributed by atoms with van der Waals surface area (Å²) >= 11 is 11.1. The Hall–Kier alpha value is -0.330. The van der Waals surface area contributed by atoms with E-state index in [4.69, 9.17) is 23.2 Å². The summed E-state index contributed by atoms with van der Waals surface area (Å²) in [6, 6.07) is 7.36. The van der Waals surface area contributed by atoms with Crippen LogP contribution in [0.5, 0.6) is 0 Å². The Morgan fingerprint density at radius 1 is 1.33 bits per heavy atom. The molecule has 0 spiro atoms. The van der Waals surface area contributed by atoms with Crippen molar-refractivity contribution in [3.05, 3.63) is 40.7 Å². The number of hydrogen-bond donors (Lipinski definition) is 0. The van der Waals surface area contributed by atoms with Gasteiger partial charge in [0.25, 0.3) is 0 Å². The number of rotatable bonds is 1. The minimum Gasteiger partial charge on any atom is -0.176 e. The van der Waals surface area contributed by atoms with Gasteiger partial charge in [-0.3, -0.25) is 0 Å². The highest BCUT2D eigenvalue weighted by Gasteiger charge is 1.79. The van der Waals surface area contributed by atoms with Crippen molar-refractivity contribution in [3.63, 3.8) is 0 Å². The van der Waals surface area contributed by atoms with Gasteiger partial charge in [0.15, 0.2) is 0 Å². The number of hydrogen-bond acceptors (Lipinski definition) is 0. The van der Waals surface area contributed by atoms with E-state index in [1.165, 1.54) is 5.88 Å². The number of halogens is 2. The molecule has 0 aliphatic rings. The molecule has 0 aliphatic heterocycles. The second kappa shape index (κ2) is 3.00. The van der Waals surface area contributed by atoms with Crippen LogP contribution in [0.3, 0.4) is 0 Å². The van der Waals surface area contributed by atoms with Crippen LogP contribution in [0.4, 0.5) is 0 Å². The lowest BCUT2D eigenvalue weighted by molar-refractivity contribution is 1.59. The lowest BCUT2D eigenvalue weighted by Crippen LogP contribution is -1.71. The fourth-order valence-corrected chi connectivity index (χ4v) is 0.909. The van der Waals surface area contributed by atoms with Crippen LogP contribution in [0.15, 0.2) is 24.3 Å². The summed E-state index contributed by atoms with van der Waals surface area (Å²) in [5.41, 5.74) is 0.934. The summed E-state index contributed by atoms with van der Waals surface area (Å²) in [5.74, 6) is 1.49. The van der Waals surface area contributed by atoms with Crippen molar-refractivity contribution >= 4 is 23.2 Å². The summed E-state index contributed by atoms with van der Waals surface area (Å²) in [6.45, 7) is 0. The van der Waals surface area contributed by atoms with E-state index >= 15 is 0 Å². The molecule has 0 aromatic heterocycles. The Balaban J connectivity index is 2.94. The Bertz CT molecular complexity index is 196. The standard InChI is InChI=1S/C7H5Cl2/c8-5-6-2-1-3-7(9)4-6/h1-5H/q-1. The summed E-state index contributed by atoms with van der Waals surface area (Å²) in [5, 5.41) is 0.712. The van der Waals surface area contributed by atoms with Gasteiger partial charge in [-0.1, -0.05) is 23.5 Å². The quantitative estimate of drug-likeness (QED) is 0.553. The normalized spacial score (nSPS) is 9.11. The zero-order valence-corrected chi connectivity index (χ0v) is 6.15. The highest BCUT2D eigenvalue weighted by atomic mass is 35.5. The molecule has 48 valence electrons.